The summed E-state index contributed by atoms with van der Waals surface area (Å²) in [5, 5.41) is 6.15. The molecule has 1 N–H and O–H groups in total. The molecule has 9 heteroatoms. The summed E-state index contributed by atoms with van der Waals surface area (Å²) in [6.45, 7) is 4.33. The average molecular weight is 377 g/mol. The van der Waals surface area contributed by atoms with E-state index < -0.39 is 0 Å². The summed E-state index contributed by atoms with van der Waals surface area (Å²) in [6.07, 6.45) is 4.31. The first kappa shape index (κ1) is 15.7. The van der Waals surface area contributed by atoms with Crippen LogP contribution in [0.15, 0.2) is 11.6 Å². The molecular formula is C16H19N5O2S2. The summed E-state index contributed by atoms with van der Waals surface area (Å²) in [5.74, 6) is 0.678. The number of carbonyl (C=O) groups is 1. The van der Waals surface area contributed by atoms with Crippen molar-refractivity contribution in [2.24, 2.45) is 11.8 Å². The summed E-state index contributed by atoms with van der Waals surface area (Å²) in [6, 6.07) is 0. The van der Waals surface area contributed by atoms with Gasteiger partial charge in [-0.05, 0) is 19.8 Å². The molecular weight excluding hydrogens is 358 g/mol. The van der Waals surface area contributed by atoms with Crippen LogP contribution in [0.5, 0.6) is 0 Å². The predicted molar refractivity (Wildman–Crippen MR) is 95.1 cm³/mol. The molecule has 0 saturated carbocycles. The molecule has 5 rings (SSSR count). The fourth-order valence-electron chi connectivity index (χ4n) is 4.71. The molecule has 0 radical (unpaired) electrons. The summed E-state index contributed by atoms with van der Waals surface area (Å²) in [7, 11) is 0. The van der Waals surface area contributed by atoms with Crippen LogP contribution in [0.3, 0.4) is 0 Å². The fourth-order valence-corrected chi connectivity index (χ4v) is 5.91. The van der Waals surface area contributed by atoms with Crippen LogP contribution in [0.1, 0.15) is 29.0 Å². The molecule has 3 saturated heterocycles. The molecule has 0 unspecified atom stereocenters. The summed E-state index contributed by atoms with van der Waals surface area (Å²) >= 11 is 2.76. The van der Waals surface area contributed by atoms with E-state index in [-0.39, 0.29) is 17.6 Å². The summed E-state index contributed by atoms with van der Waals surface area (Å²) < 4.78 is 14.6. The highest BCUT2D eigenvalue weighted by molar-refractivity contribution is 7.13. The van der Waals surface area contributed by atoms with Crippen molar-refractivity contribution in [2.75, 3.05) is 24.5 Å². The fraction of sp³-hybridized carbons (Fsp3) is 0.625. The summed E-state index contributed by atoms with van der Waals surface area (Å²) in [5.41, 5.74) is 1.09. The molecule has 4 atom stereocenters. The summed E-state index contributed by atoms with van der Waals surface area (Å²) in [4.78, 5) is 19.2. The molecule has 1 spiro atoms. The minimum Gasteiger partial charge on any atom is -0.369 e. The third kappa shape index (κ3) is 2.40. The average Bonchev–Trinajstić information content (AvgIpc) is 3.37. The van der Waals surface area contributed by atoms with Crippen LogP contribution < -0.4 is 10.2 Å². The van der Waals surface area contributed by atoms with E-state index >= 15 is 0 Å². The maximum absolute atomic E-state index is 12.4. The second kappa shape index (κ2) is 5.72. The molecule has 0 aromatic carbocycles. The highest BCUT2D eigenvalue weighted by atomic mass is 32.1. The molecule has 1 amide bonds. The van der Waals surface area contributed by atoms with Crippen molar-refractivity contribution in [3.05, 3.63) is 23.0 Å². The van der Waals surface area contributed by atoms with E-state index in [4.69, 9.17) is 4.74 Å². The van der Waals surface area contributed by atoms with E-state index in [1.165, 1.54) is 0 Å². The highest BCUT2D eigenvalue weighted by Gasteiger charge is 2.63. The van der Waals surface area contributed by atoms with Crippen molar-refractivity contribution in [1.29, 1.82) is 0 Å². The van der Waals surface area contributed by atoms with Crippen LogP contribution in [0.4, 0.5) is 5.13 Å². The Labute approximate surface area is 153 Å². The molecule has 2 aromatic rings. The highest BCUT2D eigenvalue weighted by Crippen LogP contribution is 2.55. The van der Waals surface area contributed by atoms with Crippen molar-refractivity contribution in [3.63, 3.8) is 0 Å². The Morgan fingerprint density at radius 1 is 1.52 bits per heavy atom. The van der Waals surface area contributed by atoms with Crippen molar-refractivity contribution in [1.82, 2.24) is 19.0 Å². The number of nitrogens with zero attached hydrogens (tertiary/aromatic N) is 4. The maximum Gasteiger partial charge on any atom is 0.272 e. The van der Waals surface area contributed by atoms with E-state index in [1.807, 2.05) is 18.5 Å². The lowest BCUT2D eigenvalue weighted by Crippen LogP contribution is -2.42. The van der Waals surface area contributed by atoms with Gasteiger partial charge in [0.25, 0.3) is 5.91 Å². The van der Waals surface area contributed by atoms with E-state index in [9.17, 15) is 4.79 Å². The zero-order valence-electron chi connectivity index (χ0n) is 13.8. The van der Waals surface area contributed by atoms with E-state index in [1.54, 1.807) is 11.3 Å². The van der Waals surface area contributed by atoms with Crippen LogP contribution in [0.2, 0.25) is 0 Å². The van der Waals surface area contributed by atoms with Crippen LogP contribution in [0.25, 0.3) is 0 Å². The van der Waals surface area contributed by atoms with Gasteiger partial charge in [-0.3, -0.25) is 4.79 Å². The molecule has 0 aliphatic carbocycles. The van der Waals surface area contributed by atoms with Gasteiger partial charge in [0.05, 0.1) is 29.1 Å². The third-order valence-electron chi connectivity index (χ3n) is 5.84. The number of hydrogen-bond acceptors (Lipinski definition) is 8. The number of aryl methyl sites for hydroxylation is 1. The zero-order chi connectivity index (χ0) is 17.0. The number of rotatable bonds is 4. The molecule has 3 fully saturated rings. The molecule has 3 aliphatic heterocycles. The topological polar surface area (TPSA) is 80.2 Å². The lowest BCUT2D eigenvalue weighted by Gasteiger charge is -2.29. The number of nitrogens with one attached hydrogen (secondary N) is 1. The van der Waals surface area contributed by atoms with E-state index in [0.717, 1.165) is 42.8 Å². The number of fused-ring (bicyclic) bond motifs is 1. The van der Waals surface area contributed by atoms with Crippen molar-refractivity contribution >= 4 is 34.1 Å². The first-order chi connectivity index (χ1) is 12.2. The van der Waals surface area contributed by atoms with E-state index in [2.05, 4.69) is 23.9 Å². The molecule has 2 bridgehead atoms. The standard InChI is InChI=1S/C16H19N5O2S2/c1-9-13(20-25-19-9)14(22)18-6-10-11-7-21(15-17-4-5-24-15)8-16(11)3-2-12(10)23-16/h4-5,10-12H,2-3,6-8H2,1H3,(H,18,22)/t10-,11+,12+,16+/m0/s1. The first-order valence-electron chi connectivity index (χ1n) is 8.56. The lowest BCUT2D eigenvalue weighted by atomic mass is 9.73. The minimum absolute atomic E-state index is 0.0518. The van der Waals surface area contributed by atoms with Gasteiger partial charge in [-0.2, -0.15) is 8.75 Å². The smallest absolute Gasteiger partial charge is 0.272 e. The normalized spacial score (nSPS) is 33.0. The van der Waals surface area contributed by atoms with Gasteiger partial charge in [0, 0.05) is 43.0 Å². The molecule has 2 aromatic heterocycles. The third-order valence-corrected chi connectivity index (χ3v) is 7.29. The van der Waals surface area contributed by atoms with E-state index in [0.29, 0.717) is 29.8 Å². The minimum atomic E-state index is -0.127. The second-order valence-corrected chi connectivity index (χ2v) is 8.54. The van der Waals surface area contributed by atoms with Crippen LogP contribution in [-0.4, -0.2) is 51.0 Å². The first-order valence-corrected chi connectivity index (χ1v) is 10.2. The second-order valence-electron chi connectivity index (χ2n) is 7.13. The number of aromatic nitrogens is 3. The molecule has 5 heterocycles. The quantitative estimate of drug-likeness (QED) is 0.874. The van der Waals surface area contributed by atoms with Crippen LogP contribution in [-0.2, 0) is 4.74 Å². The molecule has 25 heavy (non-hydrogen) atoms. The van der Waals surface area contributed by atoms with Crippen molar-refractivity contribution in [2.45, 2.75) is 31.5 Å². The van der Waals surface area contributed by atoms with Gasteiger partial charge in [-0.1, -0.05) is 0 Å². The van der Waals surface area contributed by atoms with Gasteiger partial charge in [0.1, 0.15) is 0 Å². The molecule has 3 aliphatic rings. The van der Waals surface area contributed by atoms with Crippen molar-refractivity contribution in [3.8, 4) is 0 Å². The Morgan fingerprint density at radius 3 is 3.20 bits per heavy atom. The number of thiazole rings is 1. The van der Waals surface area contributed by atoms with Gasteiger partial charge < -0.3 is 15.0 Å². The number of ether oxygens (including phenoxy) is 1. The number of amides is 1. The molecule has 132 valence electrons. The molecule has 7 nitrogen and oxygen atoms in total. The Hall–Kier alpha value is -1.58. The van der Waals surface area contributed by atoms with Gasteiger partial charge in [-0.25, -0.2) is 4.98 Å². The predicted octanol–water partition coefficient (Wildman–Crippen LogP) is 1.72. The van der Waals surface area contributed by atoms with Gasteiger partial charge >= 0.3 is 0 Å². The van der Waals surface area contributed by atoms with Crippen LogP contribution >= 0.6 is 23.1 Å². The van der Waals surface area contributed by atoms with Gasteiger partial charge in [0.2, 0.25) is 0 Å². The number of anilines is 1. The Morgan fingerprint density at radius 2 is 2.44 bits per heavy atom. The Kier molecular flexibility index (Phi) is 3.58. The lowest BCUT2D eigenvalue weighted by molar-refractivity contribution is 0.0141. The van der Waals surface area contributed by atoms with Gasteiger partial charge in [0.15, 0.2) is 10.8 Å². The van der Waals surface area contributed by atoms with Crippen molar-refractivity contribution < 1.29 is 9.53 Å². The Balaban J connectivity index is 1.30. The number of hydrogen-bond donors (Lipinski definition) is 1. The monoisotopic (exact) mass is 377 g/mol. The van der Waals surface area contributed by atoms with Crippen LogP contribution in [0, 0.1) is 18.8 Å². The maximum atomic E-state index is 12.4. The zero-order valence-corrected chi connectivity index (χ0v) is 15.5. The Bertz CT molecular complexity index is 794. The SMILES string of the molecule is Cc1nsnc1C(=O)NC[C@H]1[C@H]2CN(c3nccs3)C[C@]23CC[C@H]1O3. The number of carbonyl (C=O) groups excluding carboxylic acids is 1. The van der Waals surface area contributed by atoms with Gasteiger partial charge in [-0.15, -0.1) is 11.3 Å². The largest absolute Gasteiger partial charge is 0.369 e.